The van der Waals surface area contributed by atoms with Gasteiger partial charge in [0, 0.05) is 35.9 Å². The molecule has 2 heterocycles. The lowest BCUT2D eigenvalue weighted by Gasteiger charge is -2.38. The highest BCUT2D eigenvalue weighted by molar-refractivity contribution is 7.80. The van der Waals surface area contributed by atoms with E-state index >= 15 is 0 Å². The molecule has 166 valence electrons. The Morgan fingerprint density at radius 2 is 1.69 bits per heavy atom. The van der Waals surface area contributed by atoms with Gasteiger partial charge in [-0.1, -0.05) is 41.4 Å². The van der Waals surface area contributed by atoms with Crippen LogP contribution in [0.4, 0.5) is 17.2 Å². The van der Waals surface area contributed by atoms with Gasteiger partial charge in [0.25, 0.3) is 0 Å². The number of nitrogens with one attached hydrogen (secondary N) is 3. The van der Waals surface area contributed by atoms with Gasteiger partial charge in [-0.15, -0.1) is 0 Å². The van der Waals surface area contributed by atoms with Gasteiger partial charge in [-0.2, -0.15) is 0 Å². The molecule has 0 amide bonds. The number of pyridine rings is 1. The van der Waals surface area contributed by atoms with Gasteiger partial charge in [-0.05, 0) is 73.9 Å². The molecule has 7 heteroatoms. The zero-order valence-corrected chi connectivity index (χ0v) is 19.6. The quantitative estimate of drug-likeness (QED) is 0.398. The molecule has 0 radical (unpaired) electrons. The van der Waals surface area contributed by atoms with Crippen LogP contribution >= 0.6 is 23.8 Å². The number of nitrogens with zero attached hydrogens (tertiary/aromatic N) is 1. The Hall–Kier alpha value is -2.67. The molecule has 0 aliphatic carbocycles. The van der Waals surface area contributed by atoms with Crippen molar-refractivity contribution >= 4 is 46.1 Å². The molecule has 5 nitrogen and oxygen atoms in total. The summed E-state index contributed by atoms with van der Waals surface area (Å²) in [6.45, 7) is 4.27. The van der Waals surface area contributed by atoms with Gasteiger partial charge in [0.1, 0.15) is 5.82 Å². The second-order valence-electron chi connectivity index (χ2n) is 8.13. The van der Waals surface area contributed by atoms with Crippen molar-refractivity contribution in [2.75, 3.05) is 30.4 Å². The third-order valence-corrected chi connectivity index (χ3v) is 6.34. The van der Waals surface area contributed by atoms with E-state index in [1.165, 1.54) is 11.1 Å². The highest BCUT2D eigenvalue weighted by Crippen LogP contribution is 2.35. The lowest BCUT2D eigenvalue weighted by Crippen LogP contribution is -2.45. The lowest BCUT2D eigenvalue weighted by molar-refractivity contribution is 0.0515. The topological polar surface area (TPSA) is 58.2 Å². The van der Waals surface area contributed by atoms with Crippen molar-refractivity contribution in [1.29, 1.82) is 0 Å². The maximum absolute atomic E-state index is 6.09. The van der Waals surface area contributed by atoms with E-state index < -0.39 is 0 Å². The molecule has 3 aromatic rings. The van der Waals surface area contributed by atoms with Crippen LogP contribution in [0.3, 0.4) is 0 Å². The van der Waals surface area contributed by atoms with Gasteiger partial charge in [-0.3, -0.25) is 0 Å². The number of benzene rings is 2. The van der Waals surface area contributed by atoms with Crippen molar-refractivity contribution in [3.63, 3.8) is 0 Å². The van der Waals surface area contributed by atoms with E-state index in [0.717, 1.165) is 54.8 Å². The van der Waals surface area contributed by atoms with Crippen LogP contribution in [0.15, 0.2) is 66.9 Å². The molecule has 0 spiro atoms. The van der Waals surface area contributed by atoms with Crippen LogP contribution in [-0.2, 0) is 10.2 Å². The second kappa shape index (κ2) is 10.3. The fraction of sp³-hybridized carbons (Fsp3) is 0.280. The largest absolute Gasteiger partial charge is 0.381 e. The zero-order valence-electron chi connectivity index (χ0n) is 18.0. The van der Waals surface area contributed by atoms with Crippen molar-refractivity contribution in [1.82, 2.24) is 10.3 Å². The number of aryl methyl sites for hydroxylation is 1. The summed E-state index contributed by atoms with van der Waals surface area (Å²) in [7, 11) is 0. The molecule has 32 heavy (non-hydrogen) atoms. The van der Waals surface area contributed by atoms with Crippen LogP contribution in [0.2, 0.25) is 5.02 Å². The maximum Gasteiger partial charge on any atom is 0.170 e. The first-order valence-corrected chi connectivity index (χ1v) is 11.5. The Bertz CT molecular complexity index is 1030. The van der Waals surface area contributed by atoms with E-state index in [4.69, 9.17) is 28.6 Å². The monoisotopic (exact) mass is 466 g/mol. The standard InChI is InChI=1S/C25H27ClN4OS/c1-18-2-8-21(9-3-18)29-23-11-10-22(16-27-23)30-24(32)28-17-25(12-14-31-15-13-25)19-4-6-20(26)7-5-19/h2-11,16H,12-15,17H2,1H3,(H,27,29)(H2,28,30,32). The molecule has 3 N–H and O–H groups in total. The number of aromatic nitrogens is 1. The molecule has 1 saturated heterocycles. The highest BCUT2D eigenvalue weighted by Gasteiger charge is 2.34. The molecule has 0 atom stereocenters. The van der Waals surface area contributed by atoms with Crippen LogP contribution in [0.1, 0.15) is 24.0 Å². The van der Waals surface area contributed by atoms with E-state index in [0.29, 0.717) is 5.11 Å². The molecule has 4 rings (SSSR count). The van der Waals surface area contributed by atoms with Crippen molar-refractivity contribution in [2.24, 2.45) is 0 Å². The fourth-order valence-electron chi connectivity index (χ4n) is 3.88. The Kier molecular flexibility index (Phi) is 7.25. The SMILES string of the molecule is Cc1ccc(Nc2ccc(NC(=S)NCC3(c4ccc(Cl)cc4)CCOCC3)cn2)cc1. The van der Waals surface area contributed by atoms with Gasteiger partial charge in [0.05, 0.1) is 11.9 Å². The number of hydrogen-bond acceptors (Lipinski definition) is 4. The number of halogens is 1. The Labute approximate surface area is 199 Å². The van der Waals surface area contributed by atoms with E-state index in [1.54, 1.807) is 6.20 Å². The highest BCUT2D eigenvalue weighted by atomic mass is 35.5. The smallest absolute Gasteiger partial charge is 0.170 e. The number of anilines is 3. The first kappa shape index (κ1) is 22.5. The minimum absolute atomic E-state index is 0.0331. The van der Waals surface area contributed by atoms with E-state index in [-0.39, 0.29) is 5.41 Å². The van der Waals surface area contributed by atoms with Gasteiger partial charge < -0.3 is 20.7 Å². The number of hydrogen-bond donors (Lipinski definition) is 3. The summed E-state index contributed by atoms with van der Waals surface area (Å²) in [5, 5.41) is 11.3. The van der Waals surface area contributed by atoms with E-state index in [9.17, 15) is 0 Å². The molecule has 0 unspecified atom stereocenters. The summed E-state index contributed by atoms with van der Waals surface area (Å²) < 4.78 is 5.62. The zero-order chi connectivity index (χ0) is 22.4. The first-order chi connectivity index (χ1) is 15.5. The third kappa shape index (κ3) is 5.76. The van der Waals surface area contributed by atoms with Gasteiger partial charge >= 0.3 is 0 Å². The molecular formula is C25H27ClN4OS. The normalized spacial score (nSPS) is 15.1. The van der Waals surface area contributed by atoms with Crippen LogP contribution < -0.4 is 16.0 Å². The van der Waals surface area contributed by atoms with Gasteiger partial charge in [-0.25, -0.2) is 4.98 Å². The summed E-state index contributed by atoms with van der Waals surface area (Å²) in [6.07, 6.45) is 3.64. The van der Waals surface area contributed by atoms with E-state index in [1.807, 2.05) is 36.4 Å². The predicted molar refractivity (Wildman–Crippen MR) is 136 cm³/mol. The van der Waals surface area contributed by atoms with Crippen molar-refractivity contribution < 1.29 is 4.74 Å². The molecule has 1 aliphatic heterocycles. The Morgan fingerprint density at radius 1 is 1.00 bits per heavy atom. The summed E-state index contributed by atoms with van der Waals surface area (Å²) in [5.41, 5.74) is 4.29. The average Bonchev–Trinajstić information content (AvgIpc) is 2.82. The molecule has 0 saturated carbocycles. The molecule has 2 aromatic carbocycles. The number of rotatable bonds is 6. The van der Waals surface area contributed by atoms with Crippen LogP contribution in [0.25, 0.3) is 0 Å². The summed E-state index contributed by atoms with van der Waals surface area (Å²) in [5.74, 6) is 0.780. The summed E-state index contributed by atoms with van der Waals surface area (Å²) >= 11 is 11.7. The molecule has 1 fully saturated rings. The van der Waals surface area contributed by atoms with Gasteiger partial charge in [0.2, 0.25) is 0 Å². The average molecular weight is 467 g/mol. The maximum atomic E-state index is 6.09. The number of ether oxygens (including phenoxy) is 1. The fourth-order valence-corrected chi connectivity index (χ4v) is 4.20. The van der Waals surface area contributed by atoms with Crippen LogP contribution in [0.5, 0.6) is 0 Å². The molecule has 1 aromatic heterocycles. The van der Waals surface area contributed by atoms with E-state index in [2.05, 4.69) is 52.1 Å². The van der Waals surface area contributed by atoms with Crippen LogP contribution in [-0.4, -0.2) is 29.9 Å². The van der Waals surface area contributed by atoms with Crippen molar-refractivity contribution in [3.8, 4) is 0 Å². The minimum Gasteiger partial charge on any atom is -0.381 e. The predicted octanol–water partition coefficient (Wildman–Crippen LogP) is 5.82. The molecular weight excluding hydrogens is 440 g/mol. The van der Waals surface area contributed by atoms with Crippen molar-refractivity contribution in [3.05, 3.63) is 83.0 Å². The summed E-state index contributed by atoms with van der Waals surface area (Å²) in [4.78, 5) is 4.48. The molecule has 0 bridgehead atoms. The third-order valence-electron chi connectivity index (χ3n) is 5.84. The number of thiocarbonyl (C=S) groups is 1. The minimum atomic E-state index is -0.0331. The lowest BCUT2D eigenvalue weighted by atomic mass is 9.74. The van der Waals surface area contributed by atoms with Crippen LogP contribution in [0, 0.1) is 6.92 Å². The first-order valence-electron chi connectivity index (χ1n) is 10.7. The Morgan fingerprint density at radius 3 is 2.34 bits per heavy atom. The molecule has 1 aliphatic rings. The summed E-state index contributed by atoms with van der Waals surface area (Å²) in [6, 6.07) is 20.2. The second-order valence-corrected chi connectivity index (χ2v) is 8.98. The Balaban J connectivity index is 1.35. The van der Waals surface area contributed by atoms with Crippen molar-refractivity contribution in [2.45, 2.75) is 25.2 Å². The van der Waals surface area contributed by atoms with Gasteiger partial charge in [0.15, 0.2) is 5.11 Å².